The summed E-state index contributed by atoms with van der Waals surface area (Å²) < 4.78 is 10.9. The molecule has 10 heteroatoms. The van der Waals surface area contributed by atoms with Crippen molar-refractivity contribution in [3.05, 3.63) is 95.6 Å². The molecule has 2 aliphatic carbocycles. The zero-order chi connectivity index (χ0) is 30.9. The van der Waals surface area contributed by atoms with Crippen LogP contribution in [0, 0.1) is 5.92 Å². The van der Waals surface area contributed by atoms with E-state index in [1.165, 1.54) is 0 Å². The van der Waals surface area contributed by atoms with Crippen LogP contribution in [0.3, 0.4) is 0 Å². The van der Waals surface area contributed by atoms with Crippen LogP contribution in [0.1, 0.15) is 54.7 Å². The molecule has 3 amide bonds. The highest BCUT2D eigenvalue weighted by molar-refractivity contribution is 5.86. The standard InChI is InChI=1S/C34H37N3O7/c38-31(36-29-17-8-16-27(29)32(39)40)30(18-9-19-35-33(41)43-20-22-10-2-1-3-11-22)37-34(42)44-21-28-25-14-6-4-12-23(25)24-13-5-7-15-26(24)28/h1-7,10-15,27-30H,8-9,16-21H2,(H,35,41)(H,36,38)(H,37,42)(H,39,40)/t27-,29+,30+/m1/s1. The number of carbonyl (C=O) groups excluding carboxylic acids is 3. The Hall–Kier alpha value is -4.86. The molecule has 0 saturated heterocycles. The van der Waals surface area contributed by atoms with Crippen LogP contribution in [-0.4, -0.2) is 54.4 Å². The van der Waals surface area contributed by atoms with Gasteiger partial charge in [0.15, 0.2) is 0 Å². The van der Waals surface area contributed by atoms with Crippen LogP contribution in [0.15, 0.2) is 78.9 Å². The van der Waals surface area contributed by atoms with Crippen LogP contribution in [0.4, 0.5) is 9.59 Å². The third-order valence-electron chi connectivity index (χ3n) is 8.26. The van der Waals surface area contributed by atoms with Gasteiger partial charge in [-0.15, -0.1) is 0 Å². The lowest BCUT2D eigenvalue weighted by Crippen LogP contribution is -2.51. The summed E-state index contributed by atoms with van der Waals surface area (Å²) in [5.74, 6) is -2.24. The van der Waals surface area contributed by atoms with Crippen LogP contribution >= 0.6 is 0 Å². The van der Waals surface area contributed by atoms with Crippen molar-refractivity contribution in [3.63, 3.8) is 0 Å². The zero-order valence-electron chi connectivity index (χ0n) is 24.4. The van der Waals surface area contributed by atoms with Crippen molar-refractivity contribution in [2.75, 3.05) is 13.2 Å². The number of hydrogen-bond acceptors (Lipinski definition) is 6. The third kappa shape index (κ3) is 7.55. The molecule has 0 bridgehead atoms. The number of hydrogen-bond donors (Lipinski definition) is 4. The van der Waals surface area contributed by atoms with Gasteiger partial charge in [0.25, 0.3) is 0 Å². The Morgan fingerprint density at radius 2 is 1.48 bits per heavy atom. The van der Waals surface area contributed by atoms with Gasteiger partial charge in [0.05, 0.1) is 5.92 Å². The van der Waals surface area contributed by atoms with Crippen LogP contribution in [0.25, 0.3) is 11.1 Å². The Kier molecular flexibility index (Phi) is 10.1. The van der Waals surface area contributed by atoms with Crippen LogP contribution in [-0.2, 0) is 25.7 Å². The van der Waals surface area contributed by atoms with E-state index < -0.39 is 42.1 Å². The van der Waals surface area contributed by atoms with E-state index in [0.717, 1.165) is 27.8 Å². The molecule has 0 aromatic heterocycles. The van der Waals surface area contributed by atoms with Crippen LogP contribution in [0.5, 0.6) is 0 Å². The molecular weight excluding hydrogens is 562 g/mol. The van der Waals surface area contributed by atoms with E-state index in [-0.39, 0.29) is 32.1 Å². The topological polar surface area (TPSA) is 143 Å². The number of carbonyl (C=O) groups is 4. The van der Waals surface area contributed by atoms with Crippen molar-refractivity contribution in [1.82, 2.24) is 16.0 Å². The number of nitrogens with one attached hydrogen (secondary N) is 3. The molecule has 0 heterocycles. The maximum atomic E-state index is 13.3. The van der Waals surface area contributed by atoms with Gasteiger partial charge < -0.3 is 30.5 Å². The average Bonchev–Trinajstić information content (AvgIpc) is 3.63. The Bertz CT molecular complexity index is 1430. The molecule has 10 nitrogen and oxygen atoms in total. The number of aliphatic carboxylic acids is 1. The summed E-state index contributed by atoms with van der Waals surface area (Å²) in [6, 6.07) is 23.8. The molecule has 1 fully saturated rings. The largest absolute Gasteiger partial charge is 0.481 e. The number of ether oxygens (including phenoxy) is 2. The molecule has 44 heavy (non-hydrogen) atoms. The molecule has 3 aromatic carbocycles. The molecule has 0 aliphatic heterocycles. The summed E-state index contributed by atoms with van der Waals surface area (Å²) in [6.07, 6.45) is 0.948. The maximum absolute atomic E-state index is 13.3. The first-order chi connectivity index (χ1) is 21.4. The summed E-state index contributed by atoms with van der Waals surface area (Å²) in [5, 5.41) is 17.7. The molecule has 230 valence electrons. The summed E-state index contributed by atoms with van der Waals surface area (Å²) in [6.45, 7) is 0.435. The number of fused-ring (bicyclic) bond motifs is 3. The zero-order valence-corrected chi connectivity index (χ0v) is 24.4. The normalized spacial score (nSPS) is 17.5. The first-order valence-electron chi connectivity index (χ1n) is 15.0. The fourth-order valence-corrected chi connectivity index (χ4v) is 6.03. The molecule has 3 atom stereocenters. The van der Waals surface area contributed by atoms with E-state index in [1.807, 2.05) is 78.9 Å². The predicted molar refractivity (Wildman–Crippen MR) is 163 cm³/mol. The van der Waals surface area contributed by atoms with E-state index in [4.69, 9.17) is 9.47 Å². The quantitative estimate of drug-likeness (QED) is 0.215. The molecule has 1 saturated carbocycles. The van der Waals surface area contributed by atoms with Crippen molar-refractivity contribution < 1.29 is 33.8 Å². The molecule has 5 rings (SSSR count). The number of benzene rings is 3. The molecule has 2 aliphatic rings. The first kappa shape index (κ1) is 30.6. The minimum Gasteiger partial charge on any atom is -0.481 e. The van der Waals surface area contributed by atoms with Gasteiger partial charge >= 0.3 is 18.2 Å². The van der Waals surface area contributed by atoms with Crippen molar-refractivity contribution in [3.8, 4) is 11.1 Å². The van der Waals surface area contributed by atoms with Gasteiger partial charge in [0.2, 0.25) is 5.91 Å². The Morgan fingerprint density at radius 1 is 0.818 bits per heavy atom. The fraction of sp³-hybridized carbons (Fsp3) is 0.353. The summed E-state index contributed by atoms with van der Waals surface area (Å²) >= 11 is 0. The van der Waals surface area contributed by atoms with Crippen LogP contribution in [0.2, 0.25) is 0 Å². The minimum atomic E-state index is -0.983. The van der Waals surface area contributed by atoms with Gasteiger partial charge in [-0.2, -0.15) is 0 Å². The lowest BCUT2D eigenvalue weighted by Gasteiger charge is -2.23. The number of alkyl carbamates (subject to hydrolysis) is 2. The maximum Gasteiger partial charge on any atom is 0.407 e. The molecule has 3 aromatic rings. The average molecular weight is 600 g/mol. The van der Waals surface area contributed by atoms with E-state index in [9.17, 15) is 24.3 Å². The van der Waals surface area contributed by atoms with E-state index in [0.29, 0.717) is 25.7 Å². The third-order valence-corrected chi connectivity index (χ3v) is 8.26. The number of amides is 3. The molecule has 0 spiro atoms. The highest BCUT2D eigenvalue weighted by Gasteiger charge is 2.36. The lowest BCUT2D eigenvalue weighted by molar-refractivity contribution is -0.142. The predicted octanol–water partition coefficient (Wildman–Crippen LogP) is 4.97. The van der Waals surface area contributed by atoms with Crippen molar-refractivity contribution >= 4 is 24.1 Å². The van der Waals surface area contributed by atoms with Crippen LogP contribution < -0.4 is 16.0 Å². The summed E-state index contributed by atoms with van der Waals surface area (Å²) in [4.78, 5) is 50.1. The summed E-state index contributed by atoms with van der Waals surface area (Å²) in [7, 11) is 0. The van der Waals surface area contributed by atoms with Gasteiger partial charge in [-0.05, 0) is 53.5 Å². The van der Waals surface area contributed by atoms with Gasteiger partial charge in [0.1, 0.15) is 19.3 Å². The van der Waals surface area contributed by atoms with Gasteiger partial charge in [-0.25, -0.2) is 9.59 Å². The molecule has 0 radical (unpaired) electrons. The second-order valence-electron chi connectivity index (χ2n) is 11.1. The smallest absolute Gasteiger partial charge is 0.407 e. The Balaban J connectivity index is 1.17. The van der Waals surface area contributed by atoms with E-state index in [1.54, 1.807) is 0 Å². The highest BCUT2D eigenvalue weighted by Crippen LogP contribution is 2.44. The van der Waals surface area contributed by atoms with E-state index in [2.05, 4.69) is 16.0 Å². The molecule has 0 unspecified atom stereocenters. The second-order valence-corrected chi connectivity index (χ2v) is 11.1. The van der Waals surface area contributed by atoms with Crippen molar-refractivity contribution in [1.29, 1.82) is 0 Å². The van der Waals surface area contributed by atoms with Crippen molar-refractivity contribution in [2.24, 2.45) is 5.92 Å². The van der Waals surface area contributed by atoms with Crippen molar-refractivity contribution in [2.45, 2.75) is 56.7 Å². The highest BCUT2D eigenvalue weighted by atomic mass is 16.6. The van der Waals surface area contributed by atoms with E-state index >= 15 is 0 Å². The molecular formula is C34H37N3O7. The number of carboxylic acids is 1. The Morgan fingerprint density at radius 3 is 2.16 bits per heavy atom. The summed E-state index contributed by atoms with van der Waals surface area (Å²) in [5.41, 5.74) is 5.21. The second kappa shape index (κ2) is 14.5. The van der Waals surface area contributed by atoms with Gasteiger partial charge in [-0.1, -0.05) is 85.3 Å². The fourth-order valence-electron chi connectivity index (χ4n) is 6.03. The number of rotatable bonds is 12. The lowest BCUT2D eigenvalue weighted by atomic mass is 9.98. The molecule has 4 N–H and O–H groups in total. The monoisotopic (exact) mass is 599 g/mol. The van der Waals surface area contributed by atoms with Gasteiger partial charge in [0, 0.05) is 18.5 Å². The number of carboxylic acid groups (broad SMARTS) is 1. The SMILES string of the molecule is O=C(NCCC[C@H](NC(=O)OCC1c2ccccc2-c2ccccc21)C(=O)N[C@H]1CCC[C@H]1C(=O)O)OCc1ccccc1. The minimum absolute atomic E-state index is 0.0900. The van der Waals surface area contributed by atoms with Gasteiger partial charge in [-0.3, -0.25) is 9.59 Å². The Labute approximate surface area is 256 Å². The first-order valence-corrected chi connectivity index (χ1v) is 15.0.